The highest BCUT2D eigenvalue weighted by atomic mass is 16.5. The van der Waals surface area contributed by atoms with Crippen LogP contribution in [0.4, 0.5) is 0 Å². The van der Waals surface area contributed by atoms with Crippen LogP contribution >= 0.6 is 0 Å². The van der Waals surface area contributed by atoms with Gasteiger partial charge >= 0.3 is 0 Å². The molecule has 1 amide bonds. The fraction of sp³-hybridized carbons (Fsp3) is 0.333. The Morgan fingerprint density at radius 3 is 2.44 bits per heavy atom. The van der Waals surface area contributed by atoms with Crippen molar-refractivity contribution in [2.75, 3.05) is 14.2 Å². The maximum atomic E-state index is 13.8. The van der Waals surface area contributed by atoms with Gasteiger partial charge in [-0.1, -0.05) is 43.2 Å². The smallest absolute Gasteiger partial charge is 0.275 e. The maximum Gasteiger partial charge on any atom is 0.275 e. The number of hydrogen-bond acceptors (Lipinski definition) is 4. The molecule has 5 rings (SSSR count). The Kier molecular flexibility index (Phi) is 6.01. The summed E-state index contributed by atoms with van der Waals surface area (Å²) in [6.45, 7) is 0.405. The van der Waals surface area contributed by atoms with Gasteiger partial charge in [0.1, 0.15) is 22.7 Å². The Balaban J connectivity index is 1.68. The Hall–Kier alpha value is -3.74. The van der Waals surface area contributed by atoms with E-state index in [1.54, 1.807) is 29.4 Å². The number of aromatic nitrogens is 2. The van der Waals surface area contributed by atoms with E-state index in [9.17, 15) is 9.59 Å². The van der Waals surface area contributed by atoms with E-state index >= 15 is 0 Å². The first-order chi connectivity index (χ1) is 16.6. The molecule has 34 heavy (non-hydrogen) atoms. The van der Waals surface area contributed by atoms with Gasteiger partial charge in [-0.3, -0.25) is 9.59 Å². The molecule has 176 valence electrons. The van der Waals surface area contributed by atoms with Gasteiger partial charge in [-0.15, -0.1) is 0 Å². The Morgan fingerprint density at radius 2 is 1.74 bits per heavy atom. The minimum atomic E-state index is -0.220. The molecule has 0 aliphatic heterocycles. The number of aryl methyl sites for hydroxylation is 1. The zero-order valence-corrected chi connectivity index (χ0v) is 19.5. The van der Waals surface area contributed by atoms with Gasteiger partial charge in [0, 0.05) is 24.2 Å². The molecule has 0 radical (unpaired) electrons. The van der Waals surface area contributed by atoms with Crippen LogP contribution in [0.15, 0.2) is 59.5 Å². The highest BCUT2D eigenvalue weighted by Gasteiger charge is 2.23. The molecule has 0 unspecified atom stereocenters. The van der Waals surface area contributed by atoms with Crippen LogP contribution in [0.5, 0.6) is 11.5 Å². The van der Waals surface area contributed by atoms with E-state index in [1.807, 2.05) is 48.5 Å². The minimum Gasteiger partial charge on any atom is -0.496 e. The standard InChI is InChI=1S/C27H29N3O4/c1-33-23-12-13-24(34-2)25-20(23)16-21-27(32)29(15-14-18-8-4-3-5-9-18)22(17-30(21)25)26(31)28-19-10-6-7-11-19/h3-5,8-9,12-13,16-17,19H,6-7,10-11,14-15H2,1-2H3,(H,28,31). The van der Waals surface area contributed by atoms with Crippen LogP contribution in [0.1, 0.15) is 41.7 Å². The summed E-state index contributed by atoms with van der Waals surface area (Å²) in [4.78, 5) is 27.2. The van der Waals surface area contributed by atoms with Crippen LogP contribution in [0.25, 0.3) is 16.4 Å². The third-order valence-corrected chi connectivity index (χ3v) is 6.76. The molecule has 2 aromatic carbocycles. The summed E-state index contributed by atoms with van der Waals surface area (Å²) in [7, 11) is 3.19. The normalized spacial score (nSPS) is 14.1. The van der Waals surface area contributed by atoms with Crippen molar-refractivity contribution in [3.8, 4) is 11.5 Å². The van der Waals surface area contributed by atoms with Crippen molar-refractivity contribution < 1.29 is 14.3 Å². The summed E-state index contributed by atoms with van der Waals surface area (Å²) in [5, 5.41) is 3.91. The van der Waals surface area contributed by atoms with Gasteiger partial charge in [-0.05, 0) is 43.0 Å². The average Bonchev–Trinajstić information content (AvgIpc) is 3.51. The van der Waals surface area contributed by atoms with E-state index in [0.717, 1.165) is 36.6 Å². The number of carbonyl (C=O) groups is 1. The van der Waals surface area contributed by atoms with E-state index in [1.165, 1.54) is 0 Å². The molecule has 0 spiro atoms. The van der Waals surface area contributed by atoms with E-state index in [2.05, 4.69) is 5.32 Å². The first-order valence-electron chi connectivity index (χ1n) is 11.7. The monoisotopic (exact) mass is 459 g/mol. The summed E-state index contributed by atoms with van der Waals surface area (Å²) in [5.74, 6) is 1.04. The summed E-state index contributed by atoms with van der Waals surface area (Å²) in [5.41, 5.74) is 2.43. The molecule has 1 N–H and O–H groups in total. The van der Waals surface area contributed by atoms with Crippen LogP contribution in [-0.4, -0.2) is 35.1 Å². The molecule has 0 saturated heterocycles. The Labute approximate surface area is 197 Å². The highest BCUT2D eigenvalue weighted by Crippen LogP contribution is 2.35. The minimum absolute atomic E-state index is 0.150. The molecule has 1 aliphatic carbocycles. The number of methoxy groups -OCH3 is 2. The summed E-state index contributed by atoms with van der Waals surface area (Å²) >= 11 is 0. The lowest BCUT2D eigenvalue weighted by atomic mass is 10.1. The van der Waals surface area contributed by atoms with Crippen molar-refractivity contribution in [2.24, 2.45) is 0 Å². The zero-order valence-electron chi connectivity index (χ0n) is 19.5. The van der Waals surface area contributed by atoms with Gasteiger partial charge in [0.05, 0.1) is 19.7 Å². The van der Waals surface area contributed by atoms with E-state index in [4.69, 9.17) is 9.47 Å². The third kappa shape index (κ3) is 3.91. The van der Waals surface area contributed by atoms with Crippen molar-refractivity contribution in [3.05, 3.63) is 76.3 Å². The van der Waals surface area contributed by atoms with Crippen molar-refractivity contribution >= 4 is 22.3 Å². The molecule has 7 heteroatoms. The molecule has 4 aromatic rings. The van der Waals surface area contributed by atoms with Gasteiger partial charge < -0.3 is 23.8 Å². The zero-order chi connectivity index (χ0) is 23.7. The largest absolute Gasteiger partial charge is 0.496 e. The van der Waals surface area contributed by atoms with Gasteiger partial charge in [0.15, 0.2) is 0 Å². The van der Waals surface area contributed by atoms with Gasteiger partial charge in [-0.2, -0.15) is 0 Å². The summed E-state index contributed by atoms with van der Waals surface area (Å²) in [6.07, 6.45) is 6.58. The van der Waals surface area contributed by atoms with Gasteiger partial charge in [0.25, 0.3) is 11.5 Å². The second-order valence-electron chi connectivity index (χ2n) is 8.79. The van der Waals surface area contributed by atoms with Gasteiger partial charge in [0.2, 0.25) is 0 Å². The van der Waals surface area contributed by atoms with Crippen LogP contribution in [0.2, 0.25) is 0 Å². The number of hydrogen-bond donors (Lipinski definition) is 1. The summed E-state index contributed by atoms with van der Waals surface area (Å²) < 4.78 is 14.5. The molecule has 1 aliphatic rings. The SMILES string of the molecule is COc1ccc(OC)c2c1cc1c(=O)n(CCc3ccccc3)c(C(=O)NC3CCCC3)cn12. The van der Waals surface area contributed by atoms with Crippen molar-refractivity contribution in [2.45, 2.75) is 44.7 Å². The first-order valence-corrected chi connectivity index (χ1v) is 11.7. The number of amides is 1. The van der Waals surface area contributed by atoms with E-state index < -0.39 is 0 Å². The fourth-order valence-corrected chi connectivity index (χ4v) is 4.98. The number of benzene rings is 2. The highest BCUT2D eigenvalue weighted by molar-refractivity contribution is 5.98. The second-order valence-corrected chi connectivity index (χ2v) is 8.79. The number of rotatable bonds is 7. The molecular formula is C27H29N3O4. The lowest BCUT2D eigenvalue weighted by Crippen LogP contribution is -2.38. The van der Waals surface area contributed by atoms with Crippen molar-refractivity contribution in [3.63, 3.8) is 0 Å². The molecule has 7 nitrogen and oxygen atoms in total. The fourth-order valence-electron chi connectivity index (χ4n) is 4.98. The lowest BCUT2D eigenvalue weighted by molar-refractivity contribution is 0.0926. The lowest BCUT2D eigenvalue weighted by Gasteiger charge is -2.17. The first kappa shape index (κ1) is 22.1. The average molecular weight is 460 g/mol. The Bertz CT molecular complexity index is 1400. The molecule has 2 heterocycles. The molecule has 1 saturated carbocycles. The molecule has 0 atom stereocenters. The van der Waals surface area contributed by atoms with E-state index in [-0.39, 0.29) is 17.5 Å². The molecule has 1 fully saturated rings. The molecular weight excluding hydrogens is 430 g/mol. The summed E-state index contributed by atoms with van der Waals surface area (Å²) in [6, 6.07) is 15.6. The topological polar surface area (TPSA) is 74.0 Å². The van der Waals surface area contributed by atoms with Crippen LogP contribution in [-0.2, 0) is 13.0 Å². The van der Waals surface area contributed by atoms with Crippen molar-refractivity contribution in [1.82, 2.24) is 14.3 Å². The predicted octanol–water partition coefficient (Wildman–Crippen LogP) is 4.19. The number of nitrogens with one attached hydrogen (secondary N) is 1. The van der Waals surface area contributed by atoms with Crippen LogP contribution in [0, 0.1) is 0 Å². The van der Waals surface area contributed by atoms with E-state index in [0.29, 0.717) is 41.2 Å². The molecule has 2 aromatic heterocycles. The second kappa shape index (κ2) is 9.25. The third-order valence-electron chi connectivity index (χ3n) is 6.76. The van der Waals surface area contributed by atoms with Crippen LogP contribution in [0.3, 0.4) is 0 Å². The number of ether oxygens (including phenoxy) is 2. The number of fused-ring (bicyclic) bond motifs is 3. The van der Waals surface area contributed by atoms with Crippen molar-refractivity contribution in [1.29, 1.82) is 0 Å². The Morgan fingerprint density at radius 1 is 1.03 bits per heavy atom. The van der Waals surface area contributed by atoms with Crippen LogP contribution < -0.4 is 20.3 Å². The maximum absolute atomic E-state index is 13.8. The quantitative estimate of drug-likeness (QED) is 0.450. The number of carbonyl (C=O) groups excluding carboxylic acids is 1. The predicted molar refractivity (Wildman–Crippen MR) is 132 cm³/mol. The number of nitrogens with zero attached hydrogens (tertiary/aromatic N) is 2. The molecule has 0 bridgehead atoms. The van der Waals surface area contributed by atoms with Gasteiger partial charge in [-0.25, -0.2) is 0 Å².